The predicted molar refractivity (Wildman–Crippen MR) is 105 cm³/mol. The van der Waals surface area contributed by atoms with Crippen LogP contribution >= 0.6 is 0 Å². The van der Waals surface area contributed by atoms with E-state index in [1.54, 1.807) is 16.8 Å². The maximum absolute atomic E-state index is 13.0. The zero-order valence-electron chi connectivity index (χ0n) is 16.8. The fraction of sp³-hybridized carbons (Fsp3) is 0.524. The van der Waals surface area contributed by atoms with Crippen LogP contribution in [0.5, 0.6) is 0 Å². The summed E-state index contributed by atoms with van der Waals surface area (Å²) in [6.07, 6.45) is 5.65. The molecule has 0 radical (unpaired) electrons. The van der Waals surface area contributed by atoms with Crippen LogP contribution in [0, 0.1) is 5.82 Å². The Kier molecular flexibility index (Phi) is 6.80. The molecule has 0 saturated carbocycles. The normalized spacial score (nSPS) is 20.0. The molecule has 0 spiro atoms. The van der Waals surface area contributed by atoms with Crippen molar-refractivity contribution in [2.24, 2.45) is 7.05 Å². The fourth-order valence-corrected chi connectivity index (χ4v) is 3.75. The lowest BCUT2D eigenvalue weighted by molar-refractivity contribution is -0.148. The fourth-order valence-electron chi connectivity index (χ4n) is 3.75. The summed E-state index contributed by atoms with van der Waals surface area (Å²) in [4.78, 5) is 17.1. The summed E-state index contributed by atoms with van der Waals surface area (Å²) in [6, 6.07) is 6.34. The highest BCUT2D eigenvalue weighted by atomic mass is 19.1. The molecular weight excluding hydrogens is 359 g/mol. The Labute approximate surface area is 165 Å². The molecule has 2 aromatic rings. The first-order valence-electron chi connectivity index (χ1n) is 9.73. The van der Waals surface area contributed by atoms with Crippen molar-refractivity contribution in [3.8, 4) is 0 Å². The molecule has 2 atom stereocenters. The summed E-state index contributed by atoms with van der Waals surface area (Å²) >= 11 is 0. The minimum atomic E-state index is -0.237. The van der Waals surface area contributed by atoms with Gasteiger partial charge in [-0.05, 0) is 44.6 Å². The Hall–Kier alpha value is -2.25. The summed E-state index contributed by atoms with van der Waals surface area (Å²) < 4.78 is 20.8. The van der Waals surface area contributed by atoms with E-state index in [2.05, 4.69) is 10.00 Å². The Morgan fingerprint density at radius 2 is 2.07 bits per heavy atom. The van der Waals surface area contributed by atoms with Gasteiger partial charge in [-0.15, -0.1) is 0 Å². The Morgan fingerprint density at radius 1 is 1.32 bits per heavy atom. The summed E-state index contributed by atoms with van der Waals surface area (Å²) in [5.41, 5.74) is 2.05. The van der Waals surface area contributed by atoms with Crippen molar-refractivity contribution in [3.05, 3.63) is 53.6 Å². The van der Waals surface area contributed by atoms with E-state index in [1.165, 1.54) is 12.1 Å². The van der Waals surface area contributed by atoms with Gasteiger partial charge in [-0.2, -0.15) is 5.10 Å². The molecule has 1 amide bonds. The number of hydrogen-bond donors (Lipinski definition) is 0. The largest absolute Gasteiger partial charge is 0.373 e. The highest BCUT2D eigenvalue weighted by molar-refractivity contribution is 5.77. The second-order valence-corrected chi connectivity index (χ2v) is 7.63. The zero-order chi connectivity index (χ0) is 20.1. The number of hydrogen-bond acceptors (Lipinski definition) is 4. The minimum absolute atomic E-state index is 0.0889. The number of rotatable bonds is 7. The van der Waals surface area contributed by atoms with Crippen molar-refractivity contribution in [1.82, 2.24) is 19.6 Å². The standard InChI is InChI=1S/C21H29FN4O2/c1-24(2)15-19-21(17-13-23-25(3)14-17)26(11-12-28-19)20(27)6-4-5-16-7-9-18(22)10-8-16/h7-10,13-14,19,21H,4-6,11-12,15H2,1-3H3/t19-,21-/m0/s1. The highest BCUT2D eigenvalue weighted by Crippen LogP contribution is 2.30. The number of ether oxygens (including phenoxy) is 1. The molecular formula is C21H29FN4O2. The number of benzene rings is 1. The van der Waals surface area contributed by atoms with Crippen LogP contribution in [0.25, 0.3) is 0 Å². The van der Waals surface area contributed by atoms with Gasteiger partial charge in [-0.1, -0.05) is 12.1 Å². The van der Waals surface area contributed by atoms with Crippen LogP contribution in [-0.4, -0.2) is 65.4 Å². The smallest absolute Gasteiger partial charge is 0.223 e. The van der Waals surface area contributed by atoms with E-state index in [-0.39, 0.29) is 23.9 Å². The van der Waals surface area contributed by atoms with Crippen molar-refractivity contribution in [2.45, 2.75) is 31.4 Å². The van der Waals surface area contributed by atoms with Crippen molar-refractivity contribution in [3.63, 3.8) is 0 Å². The molecule has 1 aromatic heterocycles. The lowest BCUT2D eigenvalue weighted by Gasteiger charge is -2.42. The van der Waals surface area contributed by atoms with Gasteiger partial charge in [-0.25, -0.2) is 4.39 Å². The number of carbonyl (C=O) groups excluding carboxylic acids is 1. The molecule has 152 valence electrons. The van der Waals surface area contributed by atoms with Gasteiger partial charge >= 0.3 is 0 Å². The minimum Gasteiger partial charge on any atom is -0.373 e. The third-order valence-corrected chi connectivity index (χ3v) is 5.05. The number of aromatic nitrogens is 2. The Balaban J connectivity index is 1.67. The number of likely N-dealkylation sites (N-methyl/N-ethyl adjacent to an activating group) is 1. The second-order valence-electron chi connectivity index (χ2n) is 7.63. The average molecular weight is 388 g/mol. The van der Waals surface area contributed by atoms with Crippen LogP contribution in [0.4, 0.5) is 4.39 Å². The first-order chi connectivity index (χ1) is 13.4. The molecule has 3 rings (SSSR count). The van der Waals surface area contributed by atoms with Crippen molar-refractivity contribution in [2.75, 3.05) is 33.8 Å². The van der Waals surface area contributed by atoms with Gasteiger partial charge in [0.15, 0.2) is 0 Å². The van der Waals surface area contributed by atoms with Crippen molar-refractivity contribution in [1.29, 1.82) is 0 Å². The van der Waals surface area contributed by atoms with Gasteiger partial charge in [-0.3, -0.25) is 9.48 Å². The second kappa shape index (κ2) is 9.30. The topological polar surface area (TPSA) is 50.6 Å². The van der Waals surface area contributed by atoms with Crippen molar-refractivity contribution >= 4 is 5.91 Å². The van der Waals surface area contributed by atoms with E-state index in [0.29, 0.717) is 19.6 Å². The molecule has 1 aliphatic rings. The van der Waals surface area contributed by atoms with Gasteiger partial charge in [0.1, 0.15) is 5.82 Å². The summed E-state index contributed by atoms with van der Waals surface area (Å²) in [5.74, 6) is -0.109. The molecule has 0 N–H and O–H groups in total. The van der Waals surface area contributed by atoms with E-state index >= 15 is 0 Å². The van der Waals surface area contributed by atoms with Gasteiger partial charge in [0.25, 0.3) is 0 Å². The third kappa shape index (κ3) is 5.17. The molecule has 1 fully saturated rings. The molecule has 6 nitrogen and oxygen atoms in total. The number of halogens is 1. The summed E-state index contributed by atoms with van der Waals surface area (Å²) in [5, 5.41) is 4.29. The molecule has 28 heavy (non-hydrogen) atoms. The summed E-state index contributed by atoms with van der Waals surface area (Å²) in [6.45, 7) is 1.86. The SMILES string of the molecule is CN(C)C[C@@H]1OCCN(C(=O)CCCc2ccc(F)cc2)[C@H]1c1cnn(C)c1. The van der Waals surface area contributed by atoms with Gasteiger partial charge in [0.2, 0.25) is 5.91 Å². The quantitative estimate of drug-likeness (QED) is 0.731. The Morgan fingerprint density at radius 3 is 2.71 bits per heavy atom. The van der Waals surface area contributed by atoms with E-state index in [1.807, 2.05) is 38.4 Å². The van der Waals surface area contributed by atoms with Crippen LogP contribution in [0.1, 0.15) is 30.0 Å². The Bertz CT molecular complexity index is 775. The van der Waals surface area contributed by atoms with Crippen LogP contribution in [0.2, 0.25) is 0 Å². The van der Waals surface area contributed by atoms with Crippen LogP contribution in [-0.2, 0) is 23.0 Å². The average Bonchev–Trinajstić information content (AvgIpc) is 3.08. The van der Waals surface area contributed by atoms with Crippen LogP contribution in [0.3, 0.4) is 0 Å². The maximum Gasteiger partial charge on any atom is 0.223 e. The van der Waals surface area contributed by atoms with E-state index in [0.717, 1.165) is 30.5 Å². The first-order valence-corrected chi connectivity index (χ1v) is 9.73. The molecule has 1 saturated heterocycles. The first kappa shape index (κ1) is 20.5. The molecule has 1 aromatic carbocycles. The number of morpholine rings is 1. The van der Waals surface area contributed by atoms with E-state index < -0.39 is 0 Å². The number of carbonyl (C=O) groups is 1. The third-order valence-electron chi connectivity index (χ3n) is 5.05. The lowest BCUT2D eigenvalue weighted by Crippen LogP contribution is -2.51. The zero-order valence-corrected chi connectivity index (χ0v) is 16.8. The molecule has 0 unspecified atom stereocenters. The number of aryl methyl sites for hydroxylation is 2. The maximum atomic E-state index is 13.0. The van der Waals surface area contributed by atoms with Gasteiger partial charge in [0, 0.05) is 38.3 Å². The van der Waals surface area contributed by atoms with Gasteiger partial charge in [0.05, 0.1) is 24.9 Å². The van der Waals surface area contributed by atoms with Crippen LogP contribution in [0.15, 0.2) is 36.7 Å². The van der Waals surface area contributed by atoms with E-state index in [4.69, 9.17) is 4.74 Å². The number of nitrogens with zero attached hydrogens (tertiary/aromatic N) is 4. The molecule has 2 heterocycles. The molecule has 7 heteroatoms. The highest BCUT2D eigenvalue weighted by Gasteiger charge is 2.37. The lowest BCUT2D eigenvalue weighted by atomic mass is 9.99. The number of amides is 1. The predicted octanol–water partition coefficient (Wildman–Crippen LogP) is 2.41. The monoisotopic (exact) mass is 388 g/mol. The van der Waals surface area contributed by atoms with Crippen molar-refractivity contribution < 1.29 is 13.9 Å². The molecule has 1 aliphatic heterocycles. The molecule has 0 aliphatic carbocycles. The summed E-state index contributed by atoms with van der Waals surface area (Å²) in [7, 11) is 5.89. The van der Waals surface area contributed by atoms with Crippen LogP contribution < -0.4 is 0 Å². The van der Waals surface area contributed by atoms with Gasteiger partial charge < -0.3 is 14.5 Å². The molecule has 0 bridgehead atoms. The van der Waals surface area contributed by atoms with E-state index in [9.17, 15) is 9.18 Å².